The van der Waals surface area contributed by atoms with E-state index in [0.717, 1.165) is 16.8 Å². The van der Waals surface area contributed by atoms with E-state index < -0.39 is 9.84 Å². The fraction of sp³-hybridized carbons (Fsp3) is 0.467. The van der Waals surface area contributed by atoms with E-state index in [1.807, 2.05) is 32.0 Å². The summed E-state index contributed by atoms with van der Waals surface area (Å²) in [5.41, 5.74) is 8.17. The van der Waals surface area contributed by atoms with E-state index in [9.17, 15) is 13.2 Å². The second-order valence-corrected chi connectivity index (χ2v) is 8.56. The van der Waals surface area contributed by atoms with Gasteiger partial charge in [0.15, 0.2) is 14.9 Å². The van der Waals surface area contributed by atoms with Crippen molar-refractivity contribution >= 4 is 38.8 Å². The summed E-state index contributed by atoms with van der Waals surface area (Å²) < 4.78 is 22.7. The quantitative estimate of drug-likeness (QED) is 0.562. The van der Waals surface area contributed by atoms with E-state index in [1.165, 1.54) is 0 Å². The van der Waals surface area contributed by atoms with E-state index in [4.69, 9.17) is 12.2 Å². The van der Waals surface area contributed by atoms with Gasteiger partial charge < -0.3 is 5.32 Å². The van der Waals surface area contributed by atoms with Gasteiger partial charge in [-0.15, -0.1) is 0 Å². The van der Waals surface area contributed by atoms with Crippen LogP contribution in [0.3, 0.4) is 0 Å². The van der Waals surface area contributed by atoms with Gasteiger partial charge in [0.25, 0.3) is 0 Å². The third-order valence-corrected chi connectivity index (χ3v) is 5.80. The number of amides is 1. The van der Waals surface area contributed by atoms with Crippen molar-refractivity contribution in [3.8, 4) is 0 Å². The molecule has 0 spiro atoms. The van der Waals surface area contributed by atoms with Crippen molar-refractivity contribution in [2.24, 2.45) is 5.92 Å². The maximum Gasteiger partial charge on any atom is 0.238 e. The first-order chi connectivity index (χ1) is 10.7. The van der Waals surface area contributed by atoms with Crippen LogP contribution in [0.5, 0.6) is 0 Å². The molecular formula is C15H21N3O3S2. The Kier molecular flexibility index (Phi) is 5.59. The fourth-order valence-electron chi connectivity index (χ4n) is 2.50. The molecule has 0 unspecified atom stereocenters. The van der Waals surface area contributed by atoms with Crippen LogP contribution in [0.25, 0.3) is 0 Å². The molecule has 1 heterocycles. The molecule has 2 rings (SSSR count). The summed E-state index contributed by atoms with van der Waals surface area (Å²) in [6.07, 6.45) is 0.721. The Labute approximate surface area is 141 Å². The maximum atomic E-state index is 11.8. The Hall–Kier alpha value is -1.67. The minimum absolute atomic E-state index is 0.0889. The van der Waals surface area contributed by atoms with Crippen LogP contribution in [0, 0.1) is 19.8 Å². The molecule has 126 valence electrons. The first-order valence-electron chi connectivity index (χ1n) is 7.39. The molecule has 1 aliphatic rings. The average Bonchev–Trinajstić information content (AvgIpc) is 2.79. The number of carbonyl (C=O) groups is 1. The van der Waals surface area contributed by atoms with Crippen molar-refractivity contribution < 1.29 is 13.2 Å². The Morgan fingerprint density at radius 2 is 2.04 bits per heavy atom. The monoisotopic (exact) mass is 355 g/mol. The summed E-state index contributed by atoms with van der Waals surface area (Å²) >= 11 is 5.14. The van der Waals surface area contributed by atoms with Crippen LogP contribution < -0.4 is 16.2 Å². The van der Waals surface area contributed by atoms with E-state index >= 15 is 0 Å². The second-order valence-electron chi connectivity index (χ2n) is 5.92. The number of hydrazine groups is 1. The van der Waals surface area contributed by atoms with Gasteiger partial charge >= 0.3 is 0 Å². The highest BCUT2D eigenvalue weighted by Gasteiger charge is 2.29. The second kappa shape index (κ2) is 7.27. The molecular weight excluding hydrogens is 334 g/mol. The number of anilines is 1. The average molecular weight is 355 g/mol. The van der Waals surface area contributed by atoms with Gasteiger partial charge in [0.2, 0.25) is 5.91 Å². The molecule has 1 aliphatic heterocycles. The molecule has 23 heavy (non-hydrogen) atoms. The van der Waals surface area contributed by atoms with Gasteiger partial charge in [-0.1, -0.05) is 12.1 Å². The van der Waals surface area contributed by atoms with Gasteiger partial charge in [0, 0.05) is 12.1 Å². The van der Waals surface area contributed by atoms with Gasteiger partial charge in [-0.3, -0.25) is 15.6 Å². The predicted molar refractivity (Wildman–Crippen MR) is 94.8 cm³/mol. The molecule has 0 bridgehead atoms. The van der Waals surface area contributed by atoms with Crippen LogP contribution in [0.15, 0.2) is 18.2 Å². The zero-order valence-electron chi connectivity index (χ0n) is 13.2. The maximum absolute atomic E-state index is 11.8. The summed E-state index contributed by atoms with van der Waals surface area (Å²) in [5.74, 6) is -0.115. The normalized spacial score (nSPS) is 19.1. The highest BCUT2D eigenvalue weighted by Crippen LogP contribution is 2.21. The Bertz CT molecular complexity index is 717. The van der Waals surface area contributed by atoms with Crippen LogP contribution in [-0.2, 0) is 14.6 Å². The topological polar surface area (TPSA) is 87.3 Å². The minimum atomic E-state index is -2.96. The lowest BCUT2D eigenvalue weighted by Gasteiger charge is -2.14. The summed E-state index contributed by atoms with van der Waals surface area (Å²) in [4.78, 5) is 11.8. The van der Waals surface area contributed by atoms with Crippen molar-refractivity contribution in [1.29, 1.82) is 0 Å². The zero-order valence-corrected chi connectivity index (χ0v) is 14.8. The molecule has 1 fully saturated rings. The Morgan fingerprint density at radius 3 is 2.70 bits per heavy atom. The summed E-state index contributed by atoms with van der Waals surface area (Å²) in [6.45, 7) is 3.95. The highest BCUT2D eigenvalue weighted by atomic mass is 32.2. The third kappa shape index (κ3) is 5.47. The molecule has 6 nitrogen and oxygen atoms in total. The minimum Gasteiger partial charge on any atom is -0.331 e. The fourth-order valence-corrected chi connectivity index (χ4v) is 4.52. The van der Waals surface area contributed by atoms with Gasteiger partial charge in [-0.05, 0) is 55.6 Å². The molecule has 0 aliphatic carbocycles. The number of hydrogen-bond acceptors (Lipinski definition) is 4. The van der Waals surface area contributed by atoms with Crippen molar-refractivity contribution in [3.63, 3.8) is 0 Å². The zero-order chi connectivity index (χ0) is 17.0. The van der Waals surface area contributed by atoms with Gasteiger partial charge in [0.05, 0.1) is 11.5 Å². The molecule has 0 radical (unpaired) electrons. The number of rotatable bonds is 3. The van der Waals surface area contributed by atoms with Crippen LogP contribution >= 0.6 is 12.2 Å². The first-order valence-corrected chi connectivity index (χ1v) is 9.61. The number of nitrogens with one attached hydrogen (secondary N) is 3. The molecule has 1 saturated heterocycles. The standard InChI is InChI=1S/C15H21N3O3S2/c1-10-3-4-11(2)13(7-10)16-15(22)18-17-14(19)8-12-5-6-23(20,21)9-12/h3-4,7,12H,5-6,8-9H2,1-2H3,(H,17,19)(H2,16,18,22)/t12-/m1/s1. The van der Waals surface area contributed by atoms with Crippen LogP contribution in [0.2, 0.25) is 0 Å². The molecule has 1 atom stereocenters. The third-order valence-electron chi connectivity index (χ3n) is 3.76. The molecule has 8 heteroatoms. The first kappa shape index (κ1) is 17.7. The Balaban J connectivity index is 1.78. The van der Waals surface area contributed by atoms with Crippen molar-refractivity contribution in [1.82, 2.24) is 10.9 Å². The molecule has 1 aromatic rings. The van der Waals surface area contributed by atoms with Crippen LogP contribution in [0.4, 0.5) is 5.69 Å². The number of benzene rings is 1. The molecule has 3 N–H and O–H groups in total. The van der Waals surface area contributed by atoms with E-state index in [0.29, 0.717) is 6.42 Å². The van der Waals surface area contributed by atoms with E-state index in [1.54, 1.807) is 0 Å². The number of hydrogen-bond donors (Lipinski definition) is 3. The van der Waals surface area contributed by atoms with Gasteiger partial charge in [0.1, 0.15) is 0 Å². The van der Waals surface area contributed by atoms with Crippen molar-refractivity contribution in [2.75, 3.05) is 16.8 Å². The number of carbonyl (C=O) groups excluding carboxylic acids is 1. The van der Waals surface area contributed by atoms with Gasteiger partial charge in [-0.2, -0.15) is 0 Å². The number of aryl methyl sites for hydroxylation is 2. The largest absolute Gasteiger partial charge is 0.331 e. The van der Waals surface area contributed by atoms with Crippen molar-refractivity contribution in [2.45, 2.75) is 26.7 Å². The van der Waals surface area contributed by atoms with Crippen LogP contribution in [0.1, 0.15) is 24.0 Å². The smallest absolute Gasteiger partial charge is 0.238 e. The Morgan fingerprint density at radius 1 is 1.30 bits per heavy atom. The highest BCUT2D eigenvalue weighted by molar-refractivity contribution is 7.91. The summed E-state index contributed by atoms with van der Waals surface area (Å²) in [5, 5.41) is 3.31. The number of thiocarbonyl (C=S) groups is 1. The summed E-state index contributed by atoms with van der Waals surface area (Å²) in [7, 11) is -2.96. The predicted octanol–water partition coefficient (Wildman–Crippen LogP) is 1.45. The van der Waals surface area contributed by atoms with Crippen LogP contribution in [-0.4, -0.2) is 30.9 Å². The van der Waals surface area contributed by atoms with E-state index in [-0.39, 0.29) is 34.9 Å². The lowest BCUT2D eigenvalue weighted by molar-refractivity contribution is -0.122. The van der Waals surface area contributed by atoms with Gasteiger partial charge in [-0.25, -0.2) is 8.42 Å². The lowest BCUT2D eigenvalue weighted by atomic mass is 10.1. The molecule has 1 amide bonds. The van der Waals surface area contributed by atoms with E-state index in [2.05, 4.69) is 16.2 Å². The SMILES string of the molecule is Cc1ccc(C)c(NC(=S)NNC(=O)C[C@H]2CCS(=O)(=O)C2)c1. The number of sulfone groups is 1. The summed E-state index contributed by atoms with van der Waals surface area (Å²) in [6, 6.07) is 5.96. The molecule has 0 aromatic heterocycles. The van der Waals surface area contributed by atoms with Crippen molar-refractivity contribution in [3.05, 3.63) is 29.3 Å². The molecule has 1 aromatic carbocycles. The lowest BCUT2D eigenvalue weighted by Crippen LogP contribution is -2.44. The molecule has 0 saturated carbocycles.